The smallest absolute Gasteiger partial charge is 0.245 e. The van der Waals surface area contributed by atoms with Crippen LogP contribution in [0.1, 0.15) is 60.3 Å². The number of nitrogens with two attached hydrogens (primary N) is 1. The monoisotopic (exact) mass is 342 g/mol. The van der Waals surface area contributed by atoms with Gasteiger partial charge in [-0.1, -0.05) is 33.6 Å². The van der Waals surface area contributed by atoms with Gasteiger partial charge in [-0.15, -0.1) is 0 Å². The number of hydrogen-bond donors (Lipinski definition) is 3. The molecule has 0 aromatic carbocycles. The van der Waals surface area contributed by atoms with Crippen LogP contribution in [0.3, 0.4) is 0 Å². The number of carbonyl (C=O) groups is 1. The van der Waals surface area contributed by atoms with E-state index in [2.05, 4.69) is 10.6 Å². The summed E-state index contributed by atoms with van der Waals surface area (Å²) in [5, 5.41) is 7.08. The summed E-state index contributed by atoms with van der Waals surface area (Å²) >= 11 is 5.46. The zero-order chi connectivity index (χ0) is 17.8. The number of thiocarbonyl (C=S) groups is 1. The number of amides is 1. The Morgan fingerprint density at radius 1 is 1.26 bits per heavy atom. The van der Waals surface area contributed by atoms with Gasteiger partial charge in [0.05, 0.1) is 0 Å². The first-order valence-electron chi connectivity index (χ1n) is 8.63. The molecular formula is C17H34N4OS. The zero-order valence-corrected chi connectivity index (χ0v) is 16.3. The number of nitrogens with one attached hydrogen (secondary N) is 2. The number of rotatable bonds is 4. The summed E-state index contributed by atoms with van der Waals surface area (Å²) in [6, 6.07) is 0.116. The fourth-order valence-electron chi connectivity index (χ4n) is 2.79. The molecule has 0 aromatic heterocycles. The quantitative estimate of drug-likeness (QED) is 0.682. The lowest BCUT2D eigenvalue weighted by Gasteiger charge is -2.37. The number of hydrogen-bond acceptors (Lipinski definition) is 3. The van der Waals surface area contributed by atoms with Crippen LogP contribution in [0.4, 0.5) is 0 Å². The Balaban J connectivity index is 2.73. The van der Waals surface area contributed by atoms with Crippen LogP contribution >= 0.6 is 12.2 Å². The molecule has 5 nitrogen and oxygen atoms in total. The minimum atomic E-state index is -0.366. The van der Waals surface area contributed by atoms with Gasteiger partial charge in [-0.05, 0) is 44.3 Å². The van der Waals surface area contributed by atoms with E-state index >= 15 is 0 Å². The fourth-order valence-corrected chi connectivity index (χ4v) is 3.06. The van der Waals surface area contributed by atoms with Crippen LogP contribution in [0.5, 0.6) is 0 Å². The van der Waals surface area contributed by atoms with Gasteiger partial charge >= 0.3 is 0 Å². The lowest BCUT2D eigenvalue weighted by Crippen LogP contribution is -2.59. The van der Waals surface area contributed by atoms with Crippen molar-refractivity contribution in [3.8, 4) is 0 Å². The van der Waals surface area contributed by atoms with Gasteiger partial charge in [-0.2, -0.15) is 0 Å². The minimum absolute atomic E-state index is 0.0598. The summed E-state index contributed by atoms with van der Waals surface area (Å²) < 4.78 is 0. The van der Waals surface area contributed by atoms with Gasteiger partial charge in [0.15, 0.2) is 5.11 Å². The zero-order valence-electron chi connectivity index (χ0n) is 15.5. The van der Waals surface area contributed by atoms with Gasteiger partial charge in [-0.25, -0.2) is 0 Å². The van der Waals surface area contributed by atoms with Crippen LogP contribution in [0, 0.1) is 5.41 Å². The van der Waals surface area contributed by atoms with Gasteiger partial charge in [0.2, 0.25) is 5.91 Å². The first-order valence-corrected chi connectivity index (χ1v) is 9.04. The SMILES string of the molecule is CC(C)N(C)C(=O)[C@@H](NC(=S)N[C@@H]1CCCC[C@H]1N)C(C)(C)C. The predicted molar refractivity (Wildman–Crippen MR) is 100 cm³/mol. The van der Waals surface area contributed by atoms with E-state index in [0.717, 1.165) is 12.8 Å². The summed E-state index contributed by atoms with van der Waals surface area (Å²) in [5.74, 6) is 0.0598. The van der Waals surface area contributed by atoms with Crippen molar-refractivity contribution >= 4 is 23.2 Å². The van der Waals surface area contributed by atoms with Crippen LogP contribution in [0.15, 0.2) is 0 Å². The normalized spacial score (nSPS) is 23.3. The van der Waals surface area contributed by atoms with Crippen molar-refractivity contribution in [2.45, 2.75) is 84.5 Å². The van der Waals surface area contributed by atoms with E-state index in [1.807, 2.05) is 41.7 Å². The second-order valence-corrected chi connectivity index (χ2v) is 8.42. The van der Waals surface area contributed by atoms with Crippen molar-refractivity contribution in [3.63, 3.8) is 0 Å². The molecule has 1 aliphatic rings. The lowest BCUT2D eigenvalue weighted by molar-refractivity contribution is -0.135. The van der Waals surface area contributed by atoms with Crippen molar-refractivity contribution in [2.75, 3.05) is 7.05 Å². The minimum Gasteiger partial charge on any atom is -0.358 e. The first kappa shape index (κ1) is 20.2. The molecule has 0 aromatic rings. The highest BCUT2D eigenvalue weighted by Gasteiger charge is 2.35. The predicted octanol–water partition coefficient (Wildman–Crippen LogP) is 2.00. The van der Waals surface area contributed by atoms with Gasteiger partial charge in [0.1, 0.15) is 6.04 Å². The number of carbonyl (C=O) groups excluding carboxylic acids is 1. The number of likely N-dealkylation sites (N-methyl/N-ethyl adjacent to an activating group) is 1. The molecule has 1 aliphatic carbocycles. The molecule has 1 saturated carbocycles. The molecule has 23 heavy (non-hydrogen) atoms. The molecule has 0 radical (unpaired) electrons. The third-order valence-corrected chi connectivity index (χ3v) is 4.88. The molecule has 0 spiro atoms. The summed E-state index contributed by atoms with van der Waals surface area (Å²) in [4.78, 5) is 14.5. The highest BCUT2D eigenvalue weighted by molar-refractivity contribution is 7.80. The van der Waals surface area contributed by atoms with Crippen LogP contribution < -0.4 is 16.4 Å². The van der Waals surface area contributed by atoms with Crippen molar-refractivity contribution < 1.29 is 4.79 Å². The largest absolute Gasteiger partial charge is 0.358 e. The summed E-state index contributed by atoms with van der Waals surface area (Å²) in [5.41, 5.74) is 5.93. The van der Waals surface area contributed by atoms with E-state index in [-0.39, 0.29) is 35.5 Å². The van der Waals surface area contributed by atoms with E-state index in [0.29, 0.717) is 5.11 Å². The van der Waals surface area contributed by atoms with E-state index in [1.54, 1.807) is 4.90 Å². The van der Waals surface area contributed by atoms with E-state index < -0.39 is 0 Å². The Bertz CT molecular complexity index is 419. The highest BCUT2D eigenvalue weighted by atomic mass is 32.1. The van der Waals surface area contributed by atoms with Gasteiger partial charge in [0, 0.05) is 25.2 Å². The molecule has 3 atom stereocenters. The third-order valence-electron chi connectivity index (χ3n) is 4.65. The Kier molecular flexibility index (Phi) is 7.27. The van der Waals surface area contributed by atoms with Crippen molar-refractivity contribution in [1.82, 2.24) is 15.5 Å². The average Bonchev–Trinajstić information content (AvgIpc) is 2.44. The molecule has 1 amide bonds. The van der Waals surface area contributed by atoms with Crippen LogP contribution in [-0.2, 0) is 4.79 Å². The highest BCUT2D eigenvalue weighted by Crippen LogP contribution is 2.22. The van der Waals surface area contributed by atoms with E-state index in [4.69, 9.17) is 18.0 Å². The van der Waals surface area contributed by atoms with Crippen molar-refractivity contribution in [1.29, 1.82) is 0 Å². The maximum absolute atomic E-state index is 12.8. The van der Waals surface area contributed by atoms with E-state index in [9.17, 15) is 4.79 Å². The molecule has 4 N–H and O–H groups in total. The Morgan fingerprint density at radius 3 is 2.30 bits per heavy atom. The molecule has 0 saturated heterocycles. The molecule has 0 aliphatic heterocycles. The Labute approximate surface area is 146 Å². The third kappa shape index (κ3) is 5.92. The molecule has 6 heteroatoms. The molecule has 134 valence electrons. The van der Waals surface area contributed by atoms with Gasteiger partial charge in [0.25, 0.3) is 0 Å². The topological polar surface area (TPSA) is 70.4 Å². The standard InChI is InChI=1S/C17H34N4OS/c1-11(2)21(6)15(22)14(17(3,4)5)20-16(23)19-13-10-8-7-9-12(13)18/h11-14H,7-10,18H2,1-6H3,(H2,19,20,23)/t12-,13-,14-/m1/s1. The fraction of sp³-hybridized carbons (Fsp3) is 0.882. The maximum atomic E-state index is 12.8. The summed E-state index contributed by atoms with van der Waals surface area (Å²) in [6.07, 6.45) is 4.41. The maximum Gasteiger partial charge on any atom is 0.245 e. The Hall–Kier alpha value is -0.880. The van der Waals surface area contributed by atoms with Crippen LogP contribution in [0.25, 0.3) is 0 Å². The second kappa shape index (κ2) is 8.29. The van der Waals surface area contributed by atoms with Crippen molar-refractivity contribution in [2.24, 2.45) is 11.1 Å². The molecule has 0 bridgehead atoms. The van der Waals surface area contributed by atoms with Crippen LogP contribution in [-0.4, -0.2) is 47.1 Å². The molecule has 1 fully saturated rings. The second-order valence-electron chi connectivity index (χ2n) is 8.01. The van der Waals surface area contributed by atoms with Gasteiger partial charge in [-0.3, -0.25) is 4.79 Å². The average molecular weight is 343 g/mol. The summed E-state index contributed by atoms with van der Waals surface area (Å²) in [6.45, 7) is 10.2. The number of nitrogens with zero attached hydrogens (tertiary/aromatic N) is 1. The first-order chi connectivity index (χ1) is 10.5. The van der Waals surface area contributed by atoms with Gasteiger partial charge < -0.3 is 21.3 Å². The molecular weight excluding hydrogens is 308 g/mol. The summed E-state index contributed by atoms with van der Waals surface area (Å²) in [7, 11) is 1.83. The lowest BCUT2D eigenvalue weighted by atomic mass is 9.85. The molecule has 1 rings (SSSR count). The van der Waals surface area contributed by atoms with E-state index in [1.165, 1.54) is 12.8 Å². The van der Waals surface area contributed by atoms with Crippen molar-refractivity contribution in [3.05, 3.63) is 0 Å². The molecule has 0 unspecified atom stereocenters. The van der Waals surface area contributed by atoms with Crippen LogP contribution in [0.2, 0.25) is 0 Å². The Morgan fingerprint density at radius 2 is 1.83 bits per heavy atom. The molecule has 0 heterocycles.